The van der Waals surface area contributed by atoms with Crippen LogP contribution in [0.3, 0.4) is 0 Å². The molecule has 8 nitrogen and oxygen atoms in total. The predicted molar refractivity (Wildman–Crippen MR) is 95.6 cm³/mol. The molecule has 0 aliphatic carbocycles. The van der Waals surface area contributed by atoms with Gasteiger partial charge < -0.3 is 14.4 Å². The zero-order valence-corrected chi connectivity index (χ0v) is 14.4. The second-order valence-corrected chi connectivity index (χ2v) is 6.88. The summed E-state index contributed by atoms with van der Waals surface area (Å²) in [5, 5.41) is 0. The fourth-order valence-electron chi connectivity index (χ4n) is 2.28. The first-order valence-electron chi connectivity index (χ1n) is 7.49. The number of aromatic amines is 2. The van der Waals surface area contributed by atoms with Gasteiger partial charge in [0.05, 0.1) is 0 Å². The van der Waals surface area contributed by atoms with Gasteiger partial charge in [-0.25, -0.2) is 13.2 Å². The van der Waals surface area contributed by atoms with Gasteiger partial charge in [0.15, 0.2) is 0 Å². The molecule has 0 unspecified atom stereocenters. The van der Waals surface area contributed by atoms with Crippen LogP contribution in [-0.2, 0) is 10.0 Å². The Hall–Kier alpha value is -3.33. The molecule has 0 saturated heterocycles. The van der Waals surface area contributed by atoms with Crippen LogP contribution >= 0.6 is 0 Å². The van der Waals surface area contributed by atoms with Crippen molar-refractivity contribution in [1.82, 2.24) is 9.97 Å². The van der Waals surface area contributed by atoms with Gasteiger partial charge in [0.2, 0.25) is 0 Å². The molecule has 0 atom stereocenters. The number of hydrogen-bond acceptors (Lipinski definition) is 5. The molecule has 0 bridgehead atoms. The zero-order chi connectivity index (χ0) is 18.7. The number of nitrogens with one attached hydrogen (secondary N) is 2. The molecule has 0 saturated carbocycles. The molecule has 2 aromatic carbocycles. The summed E-state index contributed by atoms with van der Waals surface area (Å²) in [4.78, 5) is 26.5. The Morgan fingerprint density at radius 1 is 0.885 bits per heavy atom. The van der Waals surface area contributed by atoms with E-state index in [0.29, 0.717) is 11.5 Å². The van der Waals surface area contributed by atoms with E-state index in [-0.39, 0.29) is 11.4 Å². The SMILES string of the molecule is Cc1[nH]c(=O)[nH]c(=O)c1S(=O)(=O)[N-]c1ccc(Oc2ccccc2)cc1. The maximum absolute atomic E-state index is 12.4. The highest BCUT2D eigenvalue weighted by molar-refractivity contribution is 7.94. The van der Waals surface area contributed by atoms with Gasteiger partial charge in [-0.2, -0.15) is 0 Å². The maximum atomic E-state index is 12.4. The van der Waals surface area contributed by atoms with Crippen molar-refractivity contribution >= 4 is 15.7 Å². The number of rotatable bonds is 5. The summed E-state index contributed by atoms with van der Waals surface area (Å²) in [7, 11) is -4.29. The maximum Gasteiger partial charge on any atom is 0.325 e. The number of aromatic nitrogens is 2. The minimum Gasteiger partial charge on any atom is -0.572 e. The van der Waals surface area contributed by atoms with Crippen LogP contribution in [0, 0.1) is 6.92 Å². The number of aryl methyl sites for hydroxylation is 1. The summed E-state index contributed by atoms with van der Waals surface area (Å²) >= 11 is 0. The summed E-state index contributed by atoms with van der Waals surface area (Å²) in [5.41, 5.74) is -1.75. The monoisotopic (exact) mass is 372 g/mol. The van der Waals surface area contributed by atoms with Gasteiger partial charge in [-0.05, 0) is 31.2 Å². The van der Waals surface area contributed by atoms with Crippen molar-refractivity contribution in [1.29, 1.82) is 0 Å². The Bertz CT molecular complexity index is 1130. The molecule has 3 aromatic rings. The Morgan fingerprint density at radius 3 is 2.12 bits per heavy atom. The van der Waals surface area contributed by atoms with Gasteiger partial charge in [-0.1, -0.05) is 30.3 Å². The Labute approximate surface area is 148 Å². The summed E-state index contributed by atoms with van der Waals surface area (Å²) in [6.07, 6.45) is 0. The second kappa shape index (κ2) is 6.89. The summed E-state index contributed by atoms with van der Waals surface area (Å²) in [6.45, 7) is 1.32. The van der Waals surface area contributed by atoms with Crippen molar-refractivity contribution in [2.24, 2.45) is 0 Å². The summed E-state index contributed by atoms with van der Waals surface area (Å²) in [6, 6.07) is 15.1. The van der Waals surface area contributed by atoms with Crippen molar-refractivity contribution in [2.75, 3.05) is 0 Å². The lowest BCUT2D eigenvalue weighted by Gasteiger charge is -2.22. The average Bonchev–Trinajstić information content (AvgIpc) is 2.56. The molecular formula is C17H14N3O5S-. The van der Waals surface area contributed by atoms with Gasteiger partial charge in [-0.15, -0.1) is 5.69 Å². The molecule has 1 aromatic heterocycles. The van der Waals surface area contributed by atoms with Crippen LogP contribution in [0.15, 0.2) is 69.1 Å². The minimum absolute atomic E-state index is 0.0773. The third-order valence-corrected chi connectivity index (χ3v) is 4.83. The number of hydrogen-bond donors (Lipinski definition) is 2. The minimum atomic E-state index is -4.29. The number of H-pyrrole nitrogens is 2. The van der Waals surface area contributed by atoms with Crippen LogP contribution in [0.25, 0.3) is 4.72 Å². The first-order valence-corrected chi connectivity index (χ1v) is 8.93. The standard InChI is InChI=1S/C17H14N3O5S/c1-11-15(16(21)19-17(22)18-11)26(23,24)20-12-7-9-14(10-8-12)25-13-5-3-2-4-6-13/h2-10H,1H3,(H2,18,19,21,22)/q-1. The molecule has 26 heavy (non-hydrogen) atoms. The Balaban J connectivity index is 1.83. The van der Waals surface area contributed by atoms with Gasteiger partial charge in [0.1, 0.15) is 26.4 Å². The van der Waals surface area contributed by atoms with E-state index in [1.807, 2.05) is 23.2 Å². The molecule has 0 spiro atoms. The quantitative estimate of drug-likeness (QED) is 0.712. The summed E-state index contributed by atoms with van der Waals surface area (Å²) in [5.74, 6) is 1.14. The topological polar surface area (TPSA) is 123 Å². The van der Waals surface area contributed by atoms with Crippen molar-refractivity contribution in [3.8, 4) is 11.5 Å². The third kappa shape index (κ3) is 3.83. The smallest absolute Gasteiger partial charge is 0.325 e. The molecule has 2 N–H and O–H groups in total. The molecule has 0 aliphatic rings. The predicted octanol–water partition coefficient (Wildman–Crippen LogP) is 2.56. The molecule has 0 fully saturated rings. The number of ether oxygens (including phenoxy) is 1. The first kappa shape index (κ1) is 17.5. The van der Waals surface area contributed by atoms with E-state index in [1.165, 1.54) is 19.1 Å². The normalized spacial score (nSPS) is 11.1. The van der Waals surface area contributed by atoms with Crippen molar-refractivity contribution < 1.29 is 13.2 Å². The van der Waals surface area contributed by atoms with Gasteiger partial charge in [-0.3, -0.25) is 9.78 Å². The van der Waals surface area contributed by atoms with Crippen molar-refractivity contribution in [3.05, 3.63) is 85.9 Å². The van der Waals surface area contributed by atoms with Gasteiger partial charge in [0, 0.05) is 5.69 Å². The molecule has 134 valence electrons. The first-order chi connectivity index (χ1) is 12.3. The molecule has 3 rings (SSSR count). The molecule has 0 amide bonds. The number of nitrogens with zero attached hydrogens (tertiary/aromatic N) is 1. The number of sulfonamides is 1. The third-order valence-electron chi connectivity index (χ3n) is 3.37. The van der Waals surface area contributed by atoms with Gasteiger partial charge in [0.25, 0.3) is 5.56 Å². The average molecular weight is 372 g/mol. The molecule has 9 heteroatoms. The molecule has 0 aliphatic heterocycles. The lowest BCUT2D eigenvalue weighted by Crippen LogP contribution is -2.28. The highest BCUT2D eigenvalue weighted by Gasteiger charge is 2.15. The lowest BCUT2D eigenvalue weighted by atomic mass is 10.3. The van der Waals surface area contributed by atoms with Crippen LogP contribution < -0.4 is 16.0 Å². The van der Waals surface area contributed by atoms with Crippen LogP contribution in [0.1, 0.15) is 5.69 Å². The van der Waals surface area contributed by atoms with E-state index in [4.69, 9.17) is 4.74 Å². The largest absolute Gasteiger partial charge is 0.572 e. The van der Waals surface area contributed by atoms with Crippen LogP contribution in [0.2, 0.25) is 0 Å². The lowest BCUT2D eigenvalue weighted by molar-refractivity contribution is 0.483. The van der Waals surface area contributed by atoms with E-state index in [9.17, 15) is 18.0 Å². The van der Waals surface area contributed by atoms with Gasteiger partial charge >= 0.3 is 5.69 Å². The van der Waals surface area contributed by atoms with E-state index in [0.717, 1.165) is 0 Å². The number of benzene rings is 2. The van der Waals surface area contributed by atoms with Crippen LogP contribution in [0.4, 0.5) is 5.69 Å². The fourth-order valence-corrected chi connectivity index (χ4v) is 3.50. The molecule has 0 radical (unpaired) electrons. The number of para-hydroxylation sites is 1. The van der Waals surface area contributed by atoms with E-state index in [1.54, 1.807) is 24.3 Å². The van der Waals surface area contributed by atoms with Crippen molar-refractivity contribution in [2.45, 2.75) is 11.8 Å². The second-order valence-electron chi connectivity index (χ2n) is 5.34. The van der Waals surface area contributed by atoms with Crippen LogP contribution in [-0.4, -0.2) is 18.4 Å². The fraction of sp³-hybridized carbons (Fsp3) is 0.0588. The van der Waals surface area contributed by atoms with Crippen LogP contribution in [0.5, 0.6) is 11.5 Å². The highest BCUT2D eigenvalue weighted by Crippen LogP contribution is 2.30. The van der Waals surface area contributed by atoms with E-state index < -0.39 is 26.2 Å². The summed E-state index contributed by atoms with van der Waals surface area (Å²) < 4.78 is 34.0. The highest BCUT2D eigenvalue weighted by atomic mass is 32.2. The molecular weight excluding hydrogens is 358 g/mol. The molecule has 1 heterocycles. The van der Waals surface area contributed by atoms with E-state index >= 15 is 0 Å². The van der Waals surface area contributed by atoms with E-state index in [2.05, 4.69) is 9.71 Å². The Morgan fingerprint density at radius 2 is 1.50 bits per heavy atom. The van der Waals surface area contributed by atoms with Crippen molar-refractivity contribution in [3.63, 3.8) is 0 Å². The Kier molecular flexibility index (Phi) is 4.63. The zero-order valence-electron chi connectivity index (χ0n) is 13.6.